The molecule has 3 nitrogen and oxygen atoms in total. The van der Waals surface area contributed by atoms with Crippen LogP contribution in [0.4, 0.5) is 0 Å². The Morgan fingerprint density at radius 1 is 1.46 bits per heavy atom. The summed E-state index contributed by atoms with van der Waals surface area (Å²) in [6.45, 7) is 6.57. The van der Waals surface area contributed by atoms with Crippen molar-refractivity contribution in [1.29, 1.82) is 5.26 Å². The molecule has 3 heteroatoms. The van der Waals surface area contributed by atoms with Crippen LogP contribution in [0.1, 0.15) is 26.2 Å². The molecular weight excluding hydrogens is 162 g/mol. The molecule has 1 rings (SSSR count). The highest BCUT2D eigenvalue weighted by Gasteiger charge is 2.11. The van der Waals surface area contributed by atoms with Crippen LogP contribution in [0, 0.1) is 11.3 Å². The van der Waals surface area contributed by atoms with Crippen molar-refractivity contribution in [3.8, 4) is 6.07 Å². The van der Waals surface area contributed by atoms with Gasteiger partial charge in [0.2, 0.25) is 0 Å². The Bertz CT molecular complexity index is 167. The minimum atomic E-state index is 0.0441. The van der Waals surface area contributed by atoms with Gasteiger partial charge in [-0.2, -0.15) is 5.26 Å². The summed E-state index contributed by atoms with van der Waals surface area (Å²) in [5.74, 6) is 0. The van der Waals surface area contributed by atoms with E-state index in [1.165, 1.54) is 25.9 Å². The third-order valence-electron chi connectivity index (χ3n) is 2.58. The van der Waals surface area contributed by atoms with Crippen LogP contribution in [0.15, 0.2) is 0 Å². The van der Waals surface area contributed by atoms with Crippen LogP contribution < -0.4 is 5.32 Å². The van der Waals surface area contributed by atoms with E-state index in [0.29, 0.717) is 0 Å². The number of likely N-dealkylation sites (tertiary alicyclic amines) is 1. The van der Waals surface area contributed by atoms with E-state index in [1.54, 1.807) is 0 Å². The summed E-state index contributed by atoms with van der Waals surface area (Å²) in [5.41, 5.74) is 0. The zero-order valence-corrected chi connectivity index (χ0v) is 8.42. The maximum atomic E-state index is 8.69. The summed E-state index contributed by atoms with van der Waals surface area (Å²) in [6.07, 6.45) is 3.58. The van der Waals surface area contributed by atoms with Gasteiger partial charge in [0.25, 0.3) is 0 Å². The lowest BCUT2D eigenvalue weighted by atomic mass is 10.2. The van der Waals surface area contributed by atoms with Crippen LogP contribution in [0.25, 0.3) is 0 Å². The number of nitrogens with one attached hydrogen (secondary N) is 1. The van der Waals surface area contributed by atoms with Gasteiger partial charge in [0, 0.05) is 13.1 Å². The second-order valence-electron chi connectivity index (χ2n) is 3.59. The Balaban J connectivity index is 2.02. The molecule has 0 radical (unpaired) electrons. The van der Waals surface area contributed by atoms with E-state index in [0.717, 1.165) is 19.5 Å². The van der Waals surface area contributed by atoms with Crippen molar-refractivity contribution < 1.29 is 0 Å². The first-order valence-corrected chi connectivity index (χ1v) is 5.22. The molecule has 0 bridgehead atoms. The Labute approximate surface area is 80.7 Å². The maximum Gasteiger partial charge on any atom is 0.0950 e. The van der Waals surface area contributed by atoms with Gasteiger partial charge in [0.05, 0.1) is 12.1 Å². The van der Waals surface area contributed by atoms with E-state index in [2.05, 4.69) is 16.3 Å². The fourth-order valence-corrected chi connectivity index (χ4v) is 1.68. The molecular formula is C10H19N3. The molecule has 1 heterocycles. The summed E-state index contributed by atoms with van der Waals surface area (Å²) in [4.78, 5) is 2.46. The summed E-state index contributed by atoms with van der Waals surface area (Å²) in [7, 11) is 0. The van der Waals surface area contributed by atoms with Crippen LogP contribution >= 0.6 is 0 Å². The van der Waals surface area contributed by atoms with Crippen molar-refractivity contribution in [3.63, 3.8) is 0 Å². The average Bonchev–Trinajstić information content (AvgIpc) is 2.65. The van der Waals surface area contributed by atoms with Gasteiger partial charge in [0.15, 0.2) is 0 Å². The van der Waals surface area contributed by atoms with Gasteiger partial charge in [-0.15, -0.1) is 0 Å². The smallest absolute Gasteiger partial charge is 0.0950 e. The summed E-state index contributed by atoms with van der Waals surface area (Å²) in [5, 5.41) is 11.9. The number of nitriles is 1. The van der Waals surface area contributed by atoms with Gasteiger partial charge in [0.1, 0.15) is 0 Å². The van der Waals surface area contributed by atoms with Crippen molar-refractivity contribution >= 4 is 0 Å². The molecule has 1 atom stereocenters. The molecule has 1 fully saturated rings. The lowest BCUT2D eigenvalue weighted by molar-refractivity contribution is 0.332. The van der Waals surface area contributed by atoms with Crippen LogP contribution in [0.5, 0.6) is 0 Å². The van der Waals surface area contributed by atoms with Gasteiger partial charge >= 0.3 is 0 Å². The van der Waals surface area contributed by atoms with Gasteiger partial charge in [-0.25, -0.2) is 0 Å². The van der Waals surface area contributed by atoms with Crippen molar-refractivity contribution in [3.05, 3.63) is 0 Å². The highest BCUT2D eigenvalue weighted by Crippen LogP contribution is 2.05. The van der Waals surface area contributed by atoms with Crippen LogP contribution in [0.2, 0.25) is 0 Å². The third kappa shape index (κ3) is 3.75. The van der Waals surface area contributed by atoms with Crippen molar-refractivity contribution in [2.24, 2.45) is 0 Å². The summed E-state index contributed by atoms with van der Waals surface area (Å²) >= 11 is 0. The molecule has 74 valence electrons. The lowest BCUT2D eigenvalue weighted by Gasteiger charge is -2.16. The molecule has 0 aromatic carbocycles. The first-order chi connectivity index (χ1) is 6.36. The minimum absolute atomic E-state index is 0.0441. The number of hydrogen-bond acceptors (Lipinski definition) is 3. The Morgan fingerprint density at radius 3 is 2.69 bits per heavy atom. The maximum absolute atomic E-state index is 8.69. The topological polar surface area (TPSA) is 39.1 Å². The molecule has 0 aromatic rings. The summed E-state index contributed by atoms with van der Waals surface area (Å²) in [6, 6.07) is 2.29. The van der Waals surface area contributed by atoms with E-state index in [9.17, 15) is 0 Å². The zero-order valence-electron chi connectivity index (χ0n) is 8.42. The minimum Gasteiger partial charge on any atom is -0.302 e. The molecule has 0 amide bonds. The first-order valence-electron chi connectivity index (χ1n) is 5.22. The highest BCUT2D eigenvalue weighted by molar-refractivity contribution is 4.88. The van der Waals surface area contributed by atoms with Gasteiger partial charge in [-0.05, 0) is 32.4 Å². The quantitative estimate of drug-likeness (QED) is 0.687. The van der Waals surface area contributed by atoms with Crippen LogP contribution in [0.3, 0.4) is 0 Å². The first kappa shape index (κ1) is 10.5. The SMILES string of the molecule is CCC(C#N)NCCN1CCCC1. The predicted molar refractivity (Wildman–Crippen MR) is 53.4 cm³/mol. The zero-order chi connectivity index (χ0) is 9.52. The molecule has 1 aliphatic heterocycles. The number of hydrogen-bond donors (Lipinski definition) is 1. The highest BCUT2D eigenvalue weighted by atomic mass is 15.2. The molecule has 1 aliphatic rings. The van der Waals surface area contributed by atoms with Crippen molar-refractivity contribution in [1.82, 2.24) is 10.2 Å². The molecule has 1 N–H and O–H groups in total. The molecule has 0 aromatic heterocycles. The number of rotatable bonds is 5. The molecule has 1 saturated heterocycles. The van der Waals surface area contributed by atoms with E-state index >= 15 is 0 Å². The van der Waals surface area contributed by atoms with Gasteiger partial charge in [-0.3, -0.25) is 0 Å². The second-order valence-corrected chi connectivity index (χ2v) is 3.59. The molecule has 1 unspecified atom stereocenters. The van der Waals surface area contributed by atoms with Gasteiger partial charge in [-0.1, -0.05) is 6.92 Å². The Morgan fingerprint density at radius 2 is 2.15 bits per heavy atom. The molecule has 0 spiro atoms. The van der Waals surface area contributed by atoms with E-state index in [-0.39, 0.29) is 6.04 Å². The standard InChI is InChI=1S/C10H19N3/c1-2-10(9-11)12-5-8-13-6-3-4-7-13/h10,12H,2-8H2,1H3. The predicted octanol–water partition coefficient (Wildman–Crippen LogP) is 0.974. The lowest BCUT2D eigenvalue weighted by Crippen LogP contribution is -2.35. The van der Waals surface area contributed by atoms with E-state index in [4.69, 9.17) is 5.26 Å². The molecule has 0 aliphatic carbocycles. The monoisotopic (exact) mass is 181 g/mol. The Kier molecular flexibility index (Phi) is 4.81. The number of nitrogens with zero attached hydrogens (tertiary/aromatic N) is 2. The third-order valence-corrected chi connectivity index (χ3v) is 2.58. The van der Waals surface area contributed by atoms with Crippen molar-refractivity contribution in [2.45, 2.75) is 32.2 Å². The molecule has 13 heavy (non-hydrogen) atoms. The van der Waals surface area contributed by atoms with Gasteiger partial charge < -0.3 is 10.2 Å². The van der Waals surface area contributed by atoms with E-state index in [1.807, 2.05) is 6.92 Å². The molecule has 0 saturated carbocycles. The normalized spacial score (nSPS) is 20.0. The largest absolute Gasteiger partial charge is 0.302 e. The second kappa shape index (κ2) is 5.95. The fraction of sp³-hybridized carbons (Fsp3) is 0.900. The van der Waals surface area contributed by atoms with Crippen LogP contribution in [-0.4, -0.2) is 37.1 Å². The van der Waals surface area contributed by atoms with Crippen molar-refractivity contribution in [2.75, 3.05) is 26.2 Å². The summed E-state index contributed by atoms with van der Waals surface area (Å²) < 4.78 is 0. The Hall–Kier alpha value is -0.590. The van der Waals surface area contributed by atoms with E-state index < -0.39 is 0 Å². The fourth-order valence-electron chi connectivity index (χ4n) is 1.68. The average molecular weight is 181 g/mol. The van der Waals surface area contributed by atoms with Crippen LogP contribution in [-0.2, 0) is 0 Å².